The lowest BCUT2D eigenvalue weighted by Crippen LogP contribution is -2.61. The Morgan fingerprint density at radius 3 is 2.88 bits per heavy atom. The van der Waals surface area contributed by atoms with E-state index in [1.165, 1.54) is 11.1 Å². The molecule has 0 bridgehead atoms. The number of carbonyl (C=O) groups is 1. The molecular weight excluding hydrogens is 302 g/mol. The van der Waals surface area contributed by atoms with E-state index in [0.717, 1.165) is 30.2 Å². The molecule has 0 saturated carbocycles. The third-order valence-corrected chi connectivity index (χ3v) is 4.76. The Kier molecular flexibility index (Phi) is 3.59. The molecule has 2 aromatic heterocycles. The smallest absolute Gasteiger partial charge is 0.318 e. The van der Waals surface area contributed by atoms with Crippen molar-refractivity contribution in [3.8, 4) is 0 Å². The average molecular weight is 323 g/mol. The minimum Gasteiger partial charge on any atom is -0.366 e. The van der Waals surface area contributed by atoms with E-state index in [-0.39, 0.29) is 12.1 Å². The van der Waals surface area contributed by atoms with Crippen LogP contribution in [0.25, 0.3) is 0 Å². The van der Waals surface area contributed by atoms with Crippen molar-refractivity contribution >= 4 is 11.7 Å². The minimum absolute atomic E-state index is 0.000824. The van der Waals surface area contributed by atoms with Gasteiger partial charge in [0.25, 0.3) is 0 Å². The number of nitrogens with one attached hydrogen (secondary N) is 1. The molecule has 0 aliphatic carbocycles. The zero-order valence-electron chi connectivity index (χ0n) is 14.0. The molecule has 6 heteroatoms. The van der Waals surface area contributed by atoms with Crippen molar-refractivity contribution in [1.29, 1.82) is 0 Å². The summed E-state index contributed by atoms with van der Waals surface area (Å²) in [6.45, 7) is 7.00. The van der Waals surface area contributed by atoms with Gasteiger partial charge in [0, 0.05) is 31.5 Å². The number of rotatable bonds is 2. The van der Waals surface area contributed by atoms with E-state index in [2.05, 4.69) is 33.2 Å². The minimum atomic E-state index is 0.000824. The van der Waals surface area contributed by atoms with E-state index in [0.29, 0.717) is 13.1 Å². The third kappa shape index (κ3) is 2.68. The molecule has 0 spiro atoms. The highest BCUT2D eigenvalue weighted by Crippen LogP contribution is 2.25. The summed E-state index contributed by atoms with van der Waals surface area (Å²) in [6.07, 6.45) is 3.62. The summed E-state index contributed by atoms with van der Waals surface area (Å²) in [4.78, 5) is 25.3. The largest absolute Gasteiger partial charge is 0.366 e. The normalized spacial score (nSPS) is 16.8. The zero-order valence-corrected chi connectivity index (χ0v) is 14.0. The summed E-state index contributed by atoms with van der Waals surface area (Å²) < 4.78 is 0. The van der Waals surface area contributed by atoms with Crippen LogP contribution >= 0.6 is 0 Å². The van der Waals surface area contributed by atoms with Gasteiger partial charge in [-0.05, 0) is 43.2 Å². The van der Waals surface area contributed by atoms with Gasteiger partial charge >= 0.3 is 6.03 Å². The molecule has 1 saturated heterocycles. The first-order valence-electron chi connectivity index (χ1n) is 8.26. The van der Waals surface area contributed by atoms with Gasteiger partial charge in [-0.3, -0.25) is 9.97 Å². The fraction of sp³-hybridized carbons (Fsp3) is 0.389. The monoisotopic (exact) mass is 323 g/mol. The first kappa shape index (κ1) is 14.9. The van der Waals surface area contributed by atoms with Gasteiger partial charge < -0.3 is 15.1 Å². The van der Waals surface area contributed by atoms with Crippen molar-refractivity contribution < 1.29 is 4.79 Å². The van der Waals surface area contributed by atoms with Gasteiger partial charge in [-0.15, -0.1) is 0 Å². The average Bonchev–Trinajstić information content (AvgIpc) is 2.95. The van der Waals surface area contributed by atoms with Gasteiger partial charge in [0.05, 0.1) is 30.2 Å². The molecule has 0 radical (unpaired) electrons. The Hall–Kier alpha value is -2.63. The van der Waals surface area contributed by atoms with Crippen LogP contribution in [0.4, 0.5) is 10.5 Å². The van der Waals surface area contributed by atoms with Crippen LogP contribution in [-0.4, -0.2) is 40.0 Å². The number of urea groups is 1. The van der Waals surface area contributed by atoms with Crippen LogP contribution in [-0.2, 0) is 13.1 Å². The Balaban J connectivity index is 1.33. The van der Waals surface area contributed by atoms with Crippen molar-refractivity contribution in [3.63, 3.8) is 0 Å². The summed E-state index contributed by atoms with van der Waals surface area (Å²) >= 11 is 0. The molecule has 124 valence electrons. The maximum absolute atomic E-state index is 12.5. The molecule has 6 nitrogen and oxygen atoms in total. The predicted molar refractivity (Wildman–Crippen MR) is 91.7 cm³/mol. The van der Waals surface area contributed by atoms with E-state index in [4.69, 9.17) is 0 Å². The molecule has 0 atom stereocenters. The Labute approximate surface area is 141 Å². The Bertz CT molecular complexity index is 770. The van der Waals surface area contributed by atoms with Crippen molar-refractivity contribution in [3.05, 3.63) is 53.1 Å². The van der Waals surface area contributed by atoms with E-state index < -0.39 is 0 Å². The van der Waals surface area contributed by atoms with Crippen LogP contribution in [0.5, 0.6) is 0 Å². The predicted octanol–water partition coefficient (Wildman–Crippen LogP) is 2.01. The highest BCUT2D eigenvalue weighted by Gasteiger charge is 2.32. The molecule has 1 fully saturated rings. The fourth-order valence-corrected chi connectivity index (χ4v) is 3.45. The zero-order chi connectivity index (χ0) is 16.7. The number of fused-ring (bicyclic) bond motifs is 1. The second-order valence-electron chi connectivity index (χ2n) is 6.62. The number of anilines is 1. The second-order valence-corrected chi connectivity index (χ2v) is 6.62. The lowest BCUT2D eigenvalue weighted by atomic mass is 10.1. The number of carbonyl (C=O) groups excluding carboxylic acids is 1. The quantitative estimate of drug-likeness (QED) is 0.918. The molecule has 0 unspecified atom stereocenters. The first-order valence-corrected chi connectivity index (χ1v) is 8.26. The fourth-order valence-electron chi connectivity index (χ4n) is 3.45. The van der Waals surface area contributed by atoms with Crippen LogP contribution in [0.3, 0.4) is 0 Å². The number of hydrogen-bond donors (Lipinski definition) is 1. The summed E-state index contributed by atoms with van der Waals surface area (Å²) in [5.41, 5.74) is 5.57. The van der Waals surface area contributed by atoms with Crippen molar-refractivity contribution in [2.24, 2.45) is 0 Å². The number of amides is 2. The molecule has 4 heterocycles. The molecule has 1 N–H and O–H groups in total. The van der Waals surface area contributed by atoms with Gasteiger partial charge in [0.2, 0.25) is 0 Å². The first-order chi connectivity index (χ1) is 11.6. The number of hydrogen-bond acceptors (Lipinski definition) is 4. The Morgan fingerprint density at radius 1 is 1.29 bits per heavy atom. The van der Waals surface area contributed by atoms with Crippen LogP contribution < -0.4 is 10.2 Å². The van der Waals surface area contributed by atoms with Gasteiger partial charge in [0.1, 0.15) is 0 Å². The van der Waals surface area contributed by atoms with Crippen molar-refractivity contribution in [2.75, 3.05) is 18.0 Å². The number of aryl methyl sites for hydroxylation is 2. The summed E-state index contributed by atoms with van der Waals surface area (Å²) in [7, 11) is 0. The van der Waals surface area contributed by atoms with Gasteiger partial charge in [-0.25, -0.2) is 4.79 Å². The van der Waals surface area contributed by atoms with Crippen molar-refractivity contribution in [2.45, 2.75) is 33.0 Å². The molecule has 2 aliphatic heterocycles. The lowest BCUT2D eigenvalue weighted by molar-refractivity contribution is 0.191. The molecule has 24 heavy (non-hydrogen) atoms. The molecule has 4 rings (SSSR count). The van der Waals surface area contributed by atoms with Crippen LogP contribution in [0.1, 0.15) is 22.5 Å². The van der Waals surface area contributed by atoms with Gasteiger partial charge in [-0.1, -0.05) is 0 Å². The SMILES string of the molecule is Cc1cc(C)c2c(n1)CN(C(=O)NC1CN(c3cccnc3)C1)C2. The van der Waals surface area contributed by atoms with Gasteiger partial charge in [-0.2, -0.15) is 0 Å². The maximum atomic E-state index is 12.5. The topological polar surface area (TPSA) is 61.4 Å². The second kappa shape index (κ2) is 5.78. The van der Waals surface area contributed by atoms with E-state index >= 15 is 0 Å². The molecule has 2 aromatic rings. The summed E-state index contributed by atoms with van der Waals surface area (Å²) in [6, 6.07) is 6.25. The highest BCUT2D eigenvalue weighted by molar-refractivity contribution is 5.76. The third-order valence-electron chi connectivity index (χ3n) is 4.76. The number of aromatic nitrogens is 2. The van der Waals surface area contributed by atoms with E-state index in [1.807, 2.05) is 30.2 Å². The molecule has 2 aliphatic rings. The lowest BCUT2D eigenvalue weighted by Gasteiger charge is -2.41. The van der Waals surface area contributed by atoms with E-state index in [9.17, 15) is 4.79 Å². The molecular formula is C18H21N5O. The Morgan fingerprint density at radius 2 is 2.12 bits per heavy atom. The van der Waals surface area contributed by atoms with Crippen LogP contribution in [0.15, 0.2) is 30.6 Å². The van der Waals surface area contributed by atoms with E-state index in [1.54, 1.807) is 6.20 Å². The maximum Gasteiger partial charge on any atom is 0.318 e. The van der Waals surface area contributed by atoms with Gasteiger partial charge in [0.15, 0.2) is 0 Å². The molecule has 2 amide bonds. The van der Waals surface area contributed by atoms with Crippen molar-refractivity contribution in [1.82, 2.24) is 20.2 Å². The highest BCUT2D eigenvalue weighted by atomic mass is 16.2. The summed E-state index contributed by atoms with van der Waals surface area (Å²) in [5.74, 6) is 0. The summed E-state index contributed by atoms with van der Waals surface area (Å²) in [5, 5.41) is 3.12. The number of nitrogens with zero attached hydrogens (tertiary/aromatic N) is 4. The molecule has 0 aromatic carbocycles. The van der Waals surface area contributed by atoms with Crippen LogP contribution in [0.2, 0.25) is 0 Å². The standard InChI is InChI=1S/C18H21N5O/c1-12-6-13(2)20-17-11-23(10-16(12)17)18(24)21-14-8-22(9-14)15-4-3-5-19-7-15/h3-7,14H,8-11H2,1-2H3,(H,21,24). The van der Waals surface area contributed by atoms with Crippen LogP contribution in [0, 0.1) is 13.8 Å². The number of pyridine rings is 2.